The summed E-state index contributed by atoms with van der Waals surface area (Å²) >= 11 is 0. The Hall–Kier alpha value is -2.90. The fourth-order valence-electron chi connectivity index (χ4n) is 3.29. The fraction of sp³-hybridized carbons (Fsp3) is 0.545. The first-order valence-corrected chi connectivity index (χ1v) is 10.5. The van der Waals surface area contributed by atoms with E-state index in [4.69, 9.17) is 4.74 Å². The Bertz CT molecular complexity index is 746. The molecule has 1 aliphatic carbocycles. The van der Waals surface area contributed by atoms with E-state index in [0.717, 1.165) is 25.7 Å². The maximum Gasteiger partial charge on any atom is 0.329 e. The first-order chi connectivity index (χ1) is 14.3. The van der Waals surface area contributed by atoms with Crippen molar-refractivity contribution in [3.63, 3.8) is 0 Å². The van der Waals surface area contributed by atoms with Gasteiger partial charge in [-0.3, -0.25) is 14.9 Å². The van der Waals surface area contributed by atoms with Crippen LogP contribution in [0.2, 0.25) is 0 Å². The zero-order valence-corrected chi connectivity index (χ0v) is 17.8. The predicted molar refractivity (Wildman–Crippen MR) is 112 cm³/mol. The van der Waals surface area contributed by atoms with E-state index in [1.807, 2.05) is 13.8 Å². The lowest BCUT2D eigenvalue weighted by molar-refractivity contribution is -0.157. The first-order valence-electron chi connectivity index (χ1n) is 10.5. The first kappa shape index (κ1) is 23.4. The molecular formula is C22H31N3O5. The number of carbonyl (C=O) groups excluding carboxylic acids is 4. The topological polar surface area (TPSA) is 114 Å². The fourth-order valence-corrected chi connectivity index (χ4v) is 3.29. The van der Waals surface area contributed by atoms with E-state index in [-0.39, 0.29) is 12.0 Å². The number of hydrogen-bond acceptors (Lipinski definition) is 5. The molecule has 3 atom stereocenters. The number of amides is 4. The van der Waals surface area contributed by atoms with Crippen molar-refractivity contribution >= 4 is 23.8 Å². The zero-order chi connectivity index (χ0) is 22.1. The number of esters is 1. The van der Waals surface area contributed by atoms with Gasteiger partial charge in [0, 0.05) is 11.6 Å². The quantitative estimate of drug-likeness (QED) is 0.563. The molecule has 1 aromatic carbocycles. The van der Waals surface area contributed by atoms with Crippen molar-refractivity contribution in [3.8, 4) is 0 Å². The maximum absolute atomic E-state index is 12.7. The minimum Gasteiger partial charge on any atom is -0.451 e. The van der Waals surface area contributed by atoms with Gasteiger partial charge < -0.3 is 15.4 Å². The molecule has 3 N–H and O–H groups in total. The molecule has 0 saturated heterocycles. The molecule has 1 aliphatic rings. The number of carbonyl (C=O) groups is 4. The van der Waals surface area contributed by atoms with Crippen molar-refractivity contribution in [2.45, 2.75) is 71.1 Å². The smallest absolute Gasteiger partial charge is 0.329 e. The van der Waals surface area contributed by atoms with Gasteiger partial charge in [0.2, 0.25) is 0 Å². The van der Waals surface area contributed by atoms with Crippen LogP contribution in [0.4, 0.5) is 4.79 Å². The second kappa shape index (κ2) is 11.3. The lowest BCUT2D eigenvalue weighted by Crippen LogP contribution is -2.50. The Morgan fingerprint density at radius 1 is 1.07 bits per heavy atom. The molecule has 8 nitrogen and oxygen atoms in total. The molecule has 164 valence electrons. The molecule has 0 bridgehead atoms. The molecule has 30 heavy (non-hydrogen) atoms. The minimum absolute atomic E-state index is 0.0682. The number of ether oxygens (including phenoxy) is 1. The van der Waals surface area contributed by atoms with E-state index in [1.54, 1.807) is 30.3 Å². The van der Waals surface area contributed by atoms with Crippen LogP contribution in [0.1, 0.15) is 63.2 Å². The van der Waals surface area contributed by atoms with Gasteiger partial charge in [0.25, 0.3) is 11.8 Å². The third-order valence-electron chi connectivity index (χ3n) is 5.38. The second-order valence-electron chi connectivity index (χ2n) is 7.73. The number of benzene rings is 1. The molecular weight excluding hydrogens is 386 g/mol. The van der Waals surface area contributed by atoms with Crippen LogP contribution in [-0.2, 0) is 14.3 Å². The molecule has 8 heteroatoms. The predicted octanol–water partition coefficient (Wildman–Crippen LogP) is 2.53. The highest BCUT2D eigenvalue weighted by Crippen LogP contribution is 2.17. The molecule has 0 radical (unpaired) electrons. The van der Waals surface area contributed by atoms with Gasteiger partial charge in [-0.15, -0.1) is 0 Å². The monoisotopic (exact) mass is 417 g/mol. The van der Waals surface area contributed by atoms with Crippen LogP contribution in [-0.4, -0.2) is 42.0 Å². The van der Waals surface area contributed by atoms with Crippen molar-refractivity contribution in [2.75, 3.05) is 0 Å². The number of rotatable bonds is 8. The summed E-state index contributed by atoms with van der Waals surface area (Å²) in [4.78, 5) is 49.3. The lowest BCUT2D eigenvalue weighted by Gasteiger charge is -2.24. The highest BCUT2D eigenvalue weighted by molar-refractivity contribution is 5.99. The number of hydrogen-bond donors (Lipinski definition) is 3. The van der Waals surface area contributed by atoms with Crippen LogP contribution >= 0.6 is 0 Å². The van der Waals surface area contributed by atoms with Crippen molar-refractivity contribution in [1.82, 2.24) is 16.0 Å². The summed E-state index contributed by atoms with van der Waals surface area (Å²) in [6.07, 6.45) is 3.34. The highest BCUT2D eigenvalue weighted by Gasteiger charge is 2.31. The number of imide groups is 1. The summed E-state index contributed by atoms with van der Waals surface area (Å²) in [6.45, 7) is 5.10. The van der Waals surface area contributed by atoms with E-state index in [2.05, 4.69) is 16.0 Å². The molecule has 0 heterocycles. The van der Waals surface area contributed by atoms with Crippen molar-refractivity contribution < 1.29 is 23.9 Å². The van der Waals surface area contributed by atoms with E-state index < -0.39 is 36.0 Å². The third kappa shape index (κ3) is 6.86. The molecule has 1 saturated carbocycles. The summed E-state index contributed by atoms with van der Waals surface area (Å²) in [6, 6.07) is 7.11. The lowest BCUT2D eigenvalue weighted by atomic mass is 9.98. The van der Waals surface area contributed by atoms with E-state index in [9.17, 15) is 19.2 Å². The van der Waals surface area contributed by atoms with Gasteiger partial charge in [0.05, 0.1) is 0 Å². The second-order valence-corrected chi connectivity index (χ2v) is 7.73. The minimum atomic E-state index is -1.17. The highest BCUT2D eigenvalue weighted by atomic mass is 16.5. The van der Waals surface area contributed by atoms with Crippen molar-refractivity contribution in [3.05, 3.63) is 35.9 Å². The molecule has 0 aromatic heterocycles. The Morgan fingerprint density at radius 2 is 1.70 bits per heavy atom. The summed E-state index contributed by atoms with van der Waals surface area (Å²) in [5.41, 5.74) is 0.424. The van der Waals surface area contributed by atoms with Crippen LogP contribution in [0.3, 0.4) is 0 Å². The third-order valence-corrected chi connectivity index (χ3v) is 5.38. The average molecular weight is 418 g/mol. The van der Waals surface area contributed by atoms with E-state index in [0.29, 0.717) is 12.0 Å². The Kier molecular flexibility index (Phi) is 8.83. The largest absolute Gasteiger partial charge is 0.451 e. The van der Waals surface area contributed by atoms with E-state index >= 15 is 0 Å². The summed E-state index contributed by atoms with van der Waals surface area (Å²) < 4.78 is 5.26. The molecule has 4 amide bonds. The molecule has 0 aliphatic heterocycles. The summed E-state index contributed by atoms with van der Waals surface area (Å²) in [7, 11) is 0. The van der Waals surface area contributed by atoms with Gasteiger partial charge in [-0.25, -0.2) is 9.59 Å². The molecule has 0 spiro atoms. The molecule has 2 rings (SSSR count). The van der Waals surface area contributed by atoms with Gasteiger partial charge in [0.15, 0.2) is 6.10 Å². The van der Waals surface area contributed by atoms with Gasteiger partial charge in [-0.2, -0.15) is 0 Å². The average Bonchev–Trinajstić information content (AvgIpc) is 3.24. The molecule has 0 unspecified atom stereocenters. The normalized spacial score (nSPS) is 16.8. The van der Waals surface area contributed by atoms with Crippen LogP contribution in [0, 0.1) is 5.92 Å². The van der Waals surface area contributed by atoms with E-state index in [1.165, 1.54) is 6.92 Å². The summed E-state index contributed by atoms with van der Waals surface area (Å²) in [5.74, 6) is -2.03. The van der Waals surface area contributed by atoms with Gasteiger partial charge in [-0.1, -0.05) is 51.3 Å². The van der Waals surface area contributed by atoms with Crippen LogP contribution in [0.5, 0.6) is 0 Å². The van der Waals surface area contributed by atoms with Gasteiger partial charge in [-0.05, 0) is 37.8 Å². The molecule has 1 fully saturated rings. The maximum atomic E-state index is 12.7. The van der Waals surface area contributed by atoms with Crippen molar-refractivity contribution in [2.24, 2.45) is 5.92 Å². The Labute approximate surface area is 177 Å². The van der Waals surface area contributed by atoms with Crippen molar-refractivity contribution in [1.29, 1.82) is 0 Å². The van der Waals surface area contributed by atoms with Crippen LogP contribution in [0.15, 0.2) is 30.3 Å². The number of urea groups is 1. The van der Waals surface area contributed by atoms with Crippen LogP contribution in [0.25, 0.3) is 0 Å². The summed E-state index contributed by atoms with van der Waals surface area (Å²) in [5, 5.41) is 7.64. The standard InChI is InChI=1S/C22H31N3O5/c1-4-14(2)18(24-20(27)16-10-6-5-7-11-16)21(28)30-15(3)19(26)25-22(29)23-17-12-8-9-13-17/h5-7,10-11,14-15,17-18H,4,8-9,12-13H2,1-3H3,(H,24,27)(H2,23,25,26,29)/t14-,15-,18-/m0/s1. The van der Waals surface area contributed by atoms with Crippen LogP contribution < -0.4 is 16.0 Å². The zero-order valence-electron chi connectivity index (χ0n) is 17.8. The molecule has 1 aromatic rings. The number of nitrogens with one attached hydrogen (secondary N) is 3. The SMILES string of the molecule is CC[C@H](C)[C@H](NC(=O)c1ccccc1)C(=O)O[C@@H](C)C(=O)NC(=O)NC1CCCC1. The Morgan fingerprint density at radius 3 is 2.30 bits per heavy atom. The van der Waals surface area contributed by atoms with Gasteiger partial charge >= 0.3 is 12.0 Å². The Balaban J connectivity index is 1.92. The van der Waals surface area contributed by atoms with Gasteiger partial charge in [0.1, 0.15) is 6.04 Å².